The van der Waals surface area contributed by atoms with Crippen molar-refractivity contribution in [3.63, 3.8) is 0 Å². The molecule has 0 radical (unpaired) electrons. The quantitative estimate of drug-likeness (QED) is 0.749. The normalized spacial score (nSPS) is 11.4. The fourth-order valence-corrected chi connectivity index (χ4v) is 1.54. The van der Waals surface area contributed by atoms with E-state index in [0.29, 0.717) is 0 Å². The zero-order valence-corrected chi connectivity index (χ0v) is 9.24. The van der Waals surface area contributed by atoms with Crippen LogP contribution in [0.4, 0.5) is 18.9 Å². The van der Waals surface area contributed by atoms with Gasteiger partial charge in [-0.25, -0.2) is 13.2 Å². The Bertz CT molecular complexity index is 340. The summed E-state index contributed by atoms with van der Waals surface area (Å²) in [5, 5.41) is 8.75. The van der Waals surface area contributed by atoms with E-state index in [1.54, 1.807) is 0 Å². The predicted octanol–water partition coefficient (Wildman–Crippen LogP) is 1.47. The van der Waals surface area contributed by atoms with Gasteiger partial charge in [0.1, 0.15) is 5.82 Å². The number of rotatable bonds is 6. The molecule has 0 heterocycles. The van der Waals surface area contributed by atoms with Gasteiger partial charge in [-0.1, -0.05) is 6.07 Å². The molecule has 17 heavy (non-hydrogen) atoms. The summed E-state index contributed by atoms with van der Waals surface area (Å²) in [5.41, 5.74) is 5.99. The van der Waals surface area contributed by atoms with Crippen molar-refractivity contribution in [2.24, 2.45) is 0 Å². The van der Waals surface area contributed by atoms with Crippen LogP contribution >= 0.6 is 0 Å². The van der Waals surface area contributed by atoms with Crippen molar-refractivity contribution in [2.75, 3.05) is 25.4 Å². The van der Waals surface area contributed by atoms with Gasteiger partial charge in [-0.3, -0.25) is 4.90 Å². The molecule has 0 fully saturated rings. The van der Waals surface area contributed by atoms with Crippen LogP contribution in [0.15, 0.2) is 18.2 Å². The molecule has 0 bridgehead atoms. The second-order valence-corrected chi connectivity index (χ2v) is 3.66. The van der Waals surface area contributed by atoms with Crippen molar-refractivity contribution in [1.82, 2.24) is 4.90 Å². The largest absolute Gasteiger partial charge is 0.398 e. The molecule has 3 N–H and O–H groups in total. The van der Waals surface area contributed by atoms with Crippen molar-refractivity contribution < 1.29 is 18.3 Å². The Morgan fingerprint density at radius 1 is 1.35 bits per heavy atom. The molecule has 0 amide bonds. The van der Waals surface area contributed by atoms with Gasteiger partial charge in [0.05, 0.1) is 13.2 Å². The third-order valence-electron chi connectivity index (χ3n) is 2.35. The summed E-state index contributed by atoms with van der Waals surface area (Å²) in [7, 11) is 0. The lowest BCUT2D eigenvalue weighted by Crippen LogP contribution is -2.31. The topological polar surface area (TPSA) is 49.5 Å². The average molecular weight is 248 g/mol. The molecule has 0 spiro atoms. The van der Waals surface area contributed by atoms with Crippen LogP contribution in [0, 0.1) is 5.82 Å². The number of aliphatic hydroxyl groups is 1. The van der Waals surface area contributed by atoms with Crippen LogP contribution in [0.5, 0.6) is 0 Å². The number of nitrogen functional groups attached to an aromatic ring is 1. The van der Waals surface area contributed by atoms with Crippen LogP contribution in [0.2, 0.25) is 0 Å². The lowest BCUT2D eigenvalue weighted by atomic mass is 10.1. The van der Waals surface area contributed by atoms with Gasteiger partial charge in [-0.2, -0.15) is 0 Å². The van der Waals surface area contributed by atoms with E-state index < -0.39 is 18.8 Å². The minimum absolute atomic E-state index is 0.0383. The molecule has 96 valence electrons. The van der Waals surface area contributed by atoms with Gasteiger partial charge in [0.25, 0.3) is 6.43 Å². The molecule has 0 aromatic heterocycles. The van der Waals surface area contributed by atoms with E-state index in [9.17, 15) is 13.2 Å². The summed E-state index contributed by atoms with van der Waals surface area (Å²) in [6, 6.07) is 4.20. The molecule has 0 unspecified atom stereocenters. The second kappa shape index (κ2) is 6.46. The maximum Gasteiger partial charge on any atom is 0.251 e. The van der Waals surface area contributed by atoms with Gasteiger partial charge in [0.15, 0.2) is 0 Å². The monoisotopic (exact) mass is 248 g/mol. The van der Waals surface area contributed by atoms with Crippen molar-refractivity contribution in [1.29, 1.82) is 0 Å². The van der Waals surface area contributed by atoms with Gasteiger partial charge >= 0.3 is 0 Å². The number of benzene rings is 1. The van der Waals surface area contributed by atoms with Crippen molar-refractivity contribution in [3.05, 3.63) is 29.6 Å². The fraction of sp³-hybridized carbons (Fsp3) is 0.455. The van der Waals surface area contributed by atoms with Crippen LogP contribution in [0.1, 0.15) is 5.56 Å². The Labute approximate surface area is 97.6 Å². The Kier molecular flexibility index (Phi) is 5.24. The van der Waals surface area contributed by atoms with E-state index >= 15 is 0 Å². The molecule has 0 aliphatic rings. The summed E-state index contributed by atoms with van der Waals surface area (Å²) in [4.78, 5) is 1.26. The van der Waals surface area contributed by atoms with E-state index in [0.717, 1.165) is 0 Å². The molecule has 0 atom stereocenters. The Balaban J connectivity index is 2.78. The van der Waals surface area contributed by atoms with E-state index in [4.69, 9.17) is 10.8 Å². The van der Waals surface area contributed by atoms with Crippen molar-refractivity contribution >= 4 is 5.69 Å². The minimum Gasteiger partial charge on any atom is -0.398 e. The number of halogens is 3. The highest BCUT2D eigenvalue weighted by Gasteiger charge is 2.15. The van der Waals surface area contributed by atoms with Crippen LogP contribution in [-0.4, -0.2) is 36.1 Å². The molecule has 0 saturated heterocycles. The van der Waals surface area contributed by atoms with Gasteiger partial charge < -0.3 is 10.8 Å². The zero-order valence-electron chi connectivity index (χ0n) is 9.24. The smallest absolute Gasteiger partial charge is 0.251 e. The number of hydrogen-bond acceptors (Lipinski definition) is 3. The van der Waals surface area contributed by atoms with E-state index in [1.165, 1.54) is 23.1 Å². The Hall–Kier alpha value is -1.27. The first-order chi connectivity index (χ1) is 8.04. The highest BCUT2D eigenvalue weighted by molar-refractivity contribution is 5.47. The Morgan fingerprint density at radius 2 is 2.06 bits per heavy atom. The number of hydrogen-bond donors (Lipinski definition) is 2. The molecule has 6 heteroatoms. The maximum absolute atomic E-state index is 13.4. The molecule has 0 aliphatic carbocycles. The minimum atomic E-state index is -2.53. The number of alkyl halides is 2. The molecule has 1 aromatic carbocycles. The van der Waals surface area contributed by atoms with E-state index in [-0.39, 0.29) is 30.9 Å². The fourth-order valence-electron chi connectivity index (χ4n) is 1.54. The van der Waals surface area contributed by atoms with Gasteiger partial charge in [-0.15, -0.1) is 0 Å². The molecule has 3 nitrogen and oxygen atoms in total. The summed E-state index contributed by atoms with van der Waals surface area (Å²) < 4.78 is 38.0. The standard InChI is InChI=1S/C11H15F3N2O/c12-9-2-1-3-10(15)8(9)6-16(4-5-17)7-11(13)14/h1-3,11,17H,4-7,15H2. The van der Waals surface area contributed by atoms with Crippen LogP contribution in [0.3, 0.4) is 0 Å². The molecular weight excluding hydrogens is 233 g/mol. The summed E-state index contributed by atoms with van der Waals surface area (Å²) in [6.07, 6.45) is -2.53. The highest BCUT2D eigenvalue weighted by atomic mass is 19.3. The third-order valence-corrected chi connectivity index (χ3v) is 2.35. The number of aliphatic hydroxyl groups excluding tert-OH is 1. The first-order valence-electron chi connectivity index (χ1n) is 5.18. The van der Waals surface area contributed by atoms with Crippen molar-refractivity contribution in [3.8, 4) is 0 Å². The predicted molar refractivity (Wildman–Crippen MR) is 59.2 cm³/mol. The molecule has 1 aromatic rings. The van der Waals surface area contributed by atoms with Crippen LogP contribution in [0.25, 0.3) is 0 Å². The Morgan fingerprint density at radius 3 is 2.59 bits per heavy atom. The third kappa shape index (κ3) is 4.24. The number of anilines is 1. The average Bonchev–Trinajstić information content (AvgIpc) is 2.23. The lowest BCUT2D eigenvalue weighted by Gasteiger charge is -2.21. The number of nitrogens with zero attached hydrogens (tertiary/aromatic N) is 1. The molecule has 1 rings (SSSR count). The van der Waals surface area contributed by atoms with Crippen molar-refractivity contribution in [2.45, 2.75) is 13.0 Å². The van der Waals surface area contributed by atoms with Gasteiger partial charge in [0, 0.05) is 24.3 Å². The zero-order chi connectivity index (χ0) is 12.8. The van der Waals surface area contributed by atoms with E-state index in [2.05, 4.69) is 0 Å². The summed E-state index contributed by atoms with van der Waals surface area (Å²) >= 11 is 0. The lowest BCUT2D eigenvalue weighted by molar-refractivity contribution is 0.0742. The summed E-state index contributed by atoms with van der Waals surface area (Å²) in [6.45, 7) is -0.767. The second-order valence-electron chi connectivity index (χ2n) is 3.66. The number of nitrogens with two attached hydrogens (primary N) is 1. The van der Waals surface area contributed by atoms with Crippen LogP contribution < -0.4 is 5.73 Å². The van der Waals surface area contributed by atoms with Crippen LogP contribution in [-0.2, 0) is 6.54 Å². The summed E-state index contributed by atoms with van der Waals surface area (Å²) in [5.74, 6) is -0.526. The van der Waals surface area contributed by atoms with E-state index in [1.807, 2.05) is 0 Å². The SMILES string of the molecule is Nc1cccc(F)c1CN(CCO)CC(F)F. The highest BCUT2D eigenvalue weighted by Crippen LogP contribution is 2.18. The molecular formula is C11H15F3N2O. The first-order valence-corrected chi connectivity index (χ1v) is 5.18. The van der Waals surface area contributed by atoms with Gasteiger partial charge in [-0.05, 0) is 12.1 Å². The first kappa shape index (κ1) is 13.8. The maximum atomic E-state index is 13.4. The van der Waals surface area contributed by atoms with Gasteiger partial charge in [0.2, 0.25) is 0 Å². The molecule has 0 aliphatic heterocycles. The molecule has 0 saturated carbocycles.